The Morgan fingerprint density at radius 1 is 1.23 bits per heavy atom. The Balaban J connectivity index is 1.45. The number of hydrogen-bond acceptors (Lipinski definition) is 6. The number of alkyl halides is 2. The Kier molecular flexibility index (Phi) is 9.67. The number of likely N-dealkylation sites (tertiary alicyclic amines) is 1. The summed E-state index contributed by atoms with van der Waals surface area (Å²) in [6.07, 6.45) is 3.02. The molecule has 1 aromatic carbocycles. The Morgan fingerprint density at radius 2 is 1.98 bits per heavy atom. The molecule has 1 fully saturated rings. The maximum atomic E-state index is 15.0. The van der Waals surface area contributed by atoms with E-state index in [1.54, 1.807) is 19.2 Å². The van der Waals surface area contributed by atoms with Gasteiger partial charge in [-0.2, -0.15) is 0 Å². The van der Waals surface area contributed by atoms with Crippen LogP contribution in [-0.4, -0.2) is 64.6 Å². The first-order valence-electron chi connectivity index (χ1n) is 13.4. The first kappa shape index (κ1) is 29.4. The maximum absolute atomic E-state index is 15.0. The number of rotatable bonds is 11. The minimum atomic E-state index is -2.30. The minimum absolute atomic E-state index is 0.00912. The number of aromatic nitrogens is 3. The van der Waals surface area contributed by atoms with Crippen molar-refractivity contribution in [3.05, 3.63) is 65.3 Å². The molecular formula is C29H35F4N7. The summed E-state index contributed by atoms with van der Waals surface area (Å²) in [5.41, 5.74) is 2.04. The van der Waals surface area contributed by atoms with Gasteiger partial charge in [-0.3, -0.25) is 14.9 Å². The van der Waals surface area contributed by atoms with Gasteiger partial charge in [-0.25, -0.2) is 27.5 Å². The maximum Gasteiger partial charge on any atom is 0.251 e. The van der Waals surface area contributed by atoms with Crippen molar-refractivity contribution < 1.29 is 17.6 Å². The molecule has 7 nitrogen and oxygen atoms in total. The highest BCUT2D eigenvalue weighted by atomic mass is 19.3. The summed E-state index contributed by atoms with van der Waals surface area (Å²) in [4.78, 5) is 18.5. The number of fused-ring (bicyclic) bond motifs is 1. The Bertz CT molecular complexity index is 1370. The Hall–Kier alpha value is -3.60. The van der Waals surface area contributed by atoms with Crippen LogP contribution in [0.5, 0.6) is 0 Å². The van der Waals surface area contributed by atoms with Crippen molar-refractivity contribution >= 4 is 29.3 Å². The molecule has 11 heteroatoms. The second-order valence-corrected chi connectivity index (χ2v) is 10.3. The normalized spacial score (nSPS) is 15.9. The van der Waals surface area contributed by atoms with Crippen LogP contribution in [0, 0.1) is 18.7 Å². The van der Waals surface area contributed by atoms with E-state index >= 15 is 8.78 Å². The molecule has 4 rings (SSSR count). The van der Waals surface area contributed by atoms with E-state index < -0.39 is 18.1 Å². The quantitative estimate of drug-likeness (QED) is 0.220. The van der Waals surface area contributed by atoms with E-state index in [1.165, 1.54) is 6.07 Å². The smallest absolute Gasteiger partial charge is 0.251 e. The van der Waals surface area contributed by atoms with Gasteiger partial charge in [-0.15, -0.1) is 0 Å². The third-order valence-electron chi connectivity index (χ3n) is 7.10. The van der Waals surface area contributed by atoms with Crippen LogP contribution in [0.3, 0.4) is 0 Å². The Morgan fingerprint density at radius 3 is 2.60 bits per heavy atom. The predicted molar refractivity (Wildman–Crippen MR) is 152 cm³/mol. The number of halogens is 4. The monoisotopic (exact) mass is 557 g/mol. The highest BCUT2D eigenvalue weighted by Gasteiger charge is 2.22. The van der Waals surface area contributed by atoms with Crippen LogP contribution in [0.4, 0.5) is 23.4 Å². The first-order valence-corrected chi connectivity index (χ1v) is 13.4. The summed E-state index contributed by atoms with van der Waals surface area (Å²) < 4.78 is 57.1. The van der Waals surface area contributed by atoms with E-state index in [0.29, 0.717) is 36.2 Å². The second-order valence-electron chi connectivity index (χ2n) is 10.3. The third-order valence-corrected chi connectivity index (χ3v) is 7.10. The van der Waals surface area contributed by atoms with Gasteiger partial charge in [-0.05, 0) is 89.5 Å². The van der Waals surface area contributed by atoms with Crippen LogP contribution >= 0.6 is 0 Å². The summed E-state index contributed by atoms with van der Waals surface area (Å²) in [6, 6.07) is 6.72. The van der Waals surface area contributed by atoms with Gasteiger partial charge in [0.05, 0.1) is 18.3 Å². The van der Waals surface area contributed by atoms with Crippen molar-refractivity contribution in [3.8, 4) is 0 Å². The molecule has 0 amide bonds. The number of piperidine rings is 1. The number of benzene rings is 1. The van der Waals surface area contributed by atoms with Crippen molar-refractivity contribution in [2.45, 2.75) is 52.5 Å². The van der Waals surface area contributed by atoms with E-state index in [9.17, 15) is 8.78 Å². The van der Waals surface area contributed by atoms with Crippen LogP contribution in [0.1, 0.15) is 49.7 Å². The molecule has 0 spiro atoms. The van der Waals surface area contributed by atoms with E-state index in [2.05, 4.69) is 32.0 Å². The lowest BCUT2D eigenvalue weighted by Crippen LogP contribution is -2.37. The van der Waals surface area contributed by atoms with Crippen LogP contribution in [0.25, 0.3) is 11.0 Å². The fourth-order valence-corrected chi connectivity index (χ4v) is 5.25. The zero-order valence-corrected chi connectivity index (χ0v) is 23.0. The molecule has 0 radical (unpaired) electrons. The average Bonchev–Trinajstić information content (AvgIpc) is 3.25. The number of hydrogen-bond donors (Lipinski definition) is 1. The lowest BCUT2D eigenvalue weighted by Gasteiger charge is -2.31. The van der Waals surface area contributed by atoms with Gasteiger partial charge in [0.15, 0.2) is 11.6 Å². The molecule has 1 aliphatic heterocycles. The highest BCUT2D eigenvalue weighted by Crippen LogP contribution is 2.27. The van der Waals surface area contributed by atoms with Crippen molar-refractivity contribution in [1.82, 2.24) is 19.4 Å². The van der Waals surface area contributed by atoms with Crippen molar-refractivity contribution in [2.75, 3.05) is 31.6 Å². The summed E-state index contributed by atoms with van der Waals surface area (Å²) in [5, 5.41) is 3.05. The van der Waals surface area contributed by atoms with Gasteiger partial charge >= 0.3 is 0 Å². The molecule has 0 unspecified atom stereocenters. The van der Waals surface area contributed by atoms with Gasteiger partial charge in [0.1, 0.15) is 29.5 Å². The lowest BCUT2D eigenvalue weighted by atomic mass is 9.91. The first-order chi connectivity index (χ1) is 19.2. The van der Waals surface area contributed by atoms with Gasteiger partial charge in [0, 0.05) is 17.8 Å². The van der Waals surface area contributed by atoms with Crippen molar-refractivity contribution in [1.29, 1.82) is 0 Å². The van der Waals surface area contributed by atoms with Crippen LogP contribution in [0.2, 0.25) is 0 Å². The zero-order valence-electron chi connectivity index (χ0n) is 23.0. The molecule has 1 aliphatic rings. The number of pyridine rings is 1. The molecule has 2 aromatic heterocycles. The number of nitrogens with one attached hydrogen (secondary N) is 1. The number of imidazole rings is 1. The van der Waals surface area contributed by atoms with Gasteiger partial charge < -0.3 is 9.88 Å². The van der Waals surface area contributed by atoms with E-state index in [0.717, 1.165) is 31.0 Å². The molecule has 1 saturated heterocycles. The fraction of sp³-hybridized carbons (Fsp3) is 0.448. The molecule has 214 valence electrons. The molecule has 3 aromatic rings. The van der Waals surface area contributed by atoms with Crippen molar-refractivity contribution in [3.63, 3.8) is 0 Å². The van der Waals surface area contributed by atoms with E-state index in [1.807, 2.05) is 35.4 Å². The van der Waals surface area contributed by atoms with E-state index in [-0.39, 0.29) is 36.0 Å². The second kappa shape index (κ2) is 13.2. The number of allylic oxidation sites excluding steroid dienone is 1. The SMILES string of the molecule is C=N/C=C(/F)C(=NCNc1ccc(CC2CCN(CC(F)F)CC2)cn1)c1cc(F)c2nc(C)n(C(C)C)c2c1. The minimum Gasteiger partial charge on any atom is -0.351 e. The fourth-order valence-electron chi connectivity index (χ4n) is 5.25. The van der Waals surface area contributed by atoms with E-state index in [4.69, 9.17) is 0 Å². The molecule has 1 N–H and O–H groups in total. The third kappa shape index (κ3) is 7.12. The van der Waals surface area contributed by atoms with Crippen LogP contribution < -0.4 is 5.32 Å². The summed E-state index contributed by atoms with van der Waals surface area (Å²) in [7, 11) is 0. The molecule has 3 heterocycles. The van der Waals surface area contributed by atoms with Crippen LogP contribution in [0.15, 0.2) is 52.5 Å². The average molecular weight is 558 g/mol. The topological polar surface area (TPSA) is 70.7 Å². The number of aliphatic imine (C=N–C) groups is 2. The van der Waals surface area contributed by atoms with Crippen LogP contribution in [-0.2, 0) is 6.42 Å². The summed E-state index contributed by atoms with van der Waals surface area (Å²) >= 11 is 0. The van der Waals surface area contributed by atoms with Gasteiger partial charge in [0.2, 0.25) is 0 Å². The lowest BCUT2D eigenvalue weighted by molar-refractivity contribution is 0.0691. The summed E-state index contributed by atoms with van der Waals surface area (Å²) in [5.74, 6) is 0.345. The molecule has 0 saturated carbocycles. The molecule has 0 bridgehead atoms. The highest BCUT2D eigenvalue weighted by molar-refractivity contribution is 6.12. The Labute approximate surface area is 231 Å². The molecule has 0 atom stereocenters. The number of anilines is 1. The molecule has 40 heavy (non-hydrogen) atoms. The standard InChI is InChI=1S/C29H35F4N7/c1-18(2)40-19(3)38-29-23(30)12-22(13-25(29)40)28(24(31)15-34-4)37-17-36-27-6-5-21(14-35-27)11-20-7-9-39(10-8-20)16-26(32)33/h5-6,12-15,18,20,26H,4,7-11,16-17H2,1-3H3,(H,35,36)/b24-15+,37-28?. The summed E-state index contributed by atoms with van der Waals surface area (Å²) in [6.45, 7) is 10.3. The van der Waals surface area contributed by atoms with Crippen molar-refractivity contribution in [2.24, 2.45) is 15.9 Å². The number of nitrogens with zero attached hydrogens (tertiary/aromatic N) is 6. The zero-order chi connectivity index (χ0) is 28.8. The molecule has 0 aliphatic carbocycles. The number of aryl methyl sites for hydroxylation is 1. The largest absolute Gasteiger partial charge is 0.351 e. The van der Waals surface area contributed by atoms with Gasteiger partial charge in [-0.1, -0.05) is 6.07 Å². The predicted octanol–water partition coefficient (Wildman–Crippen LogP) is 6.35. The van der Waals surface area contributed by atoms with Gasteiger partial charge in [0.25, 0.3) is 6.43 Å². The molecular weight excluding hydrogens is 522 g/mol.